The number of hydrogen-bond donors (Lipinski definition) is 1. The second-order valence-electron chi connectivity index (χ2n) is 4.91. The van der Waals surface area contributed by atoms with Gasteiger partial charge in [0.1, 0.15) is 0 Å². The quantitative estimate of drug-likeness (QED) is 0.736. The summed E-state index contributed by atoms with van der Waals surface area (Å²) >= 11 is 0. The molecule has 1 aromatic carbocycles. The molecule has 5 nitrogen and oxygen atoms in total. The molecule has 0 aliphatic heterocycles. The highest BCUT2D eigenvalue weighted by Gasteiger charge is 2.14. The van der Waals surface area contributed by atoms with Gasteiger partial charge in [-0.1, -0.05) is 18.2 Å². The Morgan fingerprint density at radius 2 is 2.05 bits per heavy atom. The molecule has 3 rings (SSSR count). The number of carbonyl (C=O) groups excluding carboxylic acids is 1. The van der Waals surface area contributed by atoms with E-state index < -0.39 is 0 Å². The fraction of sp³-hybridized carbons (Fsp3) is 0.176. The zero-order valence-corrected chi connectivity index (χ0v) is 12.2. The maximum absolute atomic E-state index is 12.5. The number of ketones is 1. The standard InChI is InChI=1S/C17H16N2O3/c1-2-22-16-8-5-9-19(17(16)21)11-15(20)13-10-18-14-7-4-3-6-12(13)14/h3-10,18H,2,11H2,1H3. The lowest BCUT2D eigenvalue weighted by atomic mass is 10.1. The zero-order valence-electron chi connectivity index (χ0n) is 12.2. The zero-order chi connectivity index (χ0) is 15.5. The predicted molar refractivity (Wildman–Crippen MR) is 84.5 cm³/mol. The molecular formula is C17H16N2O3. The summed E-state index contributed by atoms with van der Waals surface area (Å²) < 4.78 is 6.64. The fourth-order valence-electron chi connectivity index (χ4n) is 2.45. The van der Waals surface area contributed by atoms with E-state index in [2.05, 4.69) is 4.98 Å². The lowest BCUT2D eigenvalue weighted by Crippen LogP contribution is -2.24. The monoisotopic (exact) mass is 296 g/mol. The van der Waals surface area contributed by atoms with Gasteiger partial charge in [0.15, 0.2) is 11.5 Å². The van der Waals surface area contributed by atoms with Gasteiger partial charge in [-0.2, -0.15) is 0 Å². The molecule has 0 bridgehead atoms. The summed E-state index contributed by atoms with van der Waals surface area (Å²) in [4.78, 5) is 27.8. The van der Waals surface area contributed by atoms with Crippen molar-refractivity contribution in [2.75, 3.05) is 6.61 Å². The van der Waals surface area contributed by atoms with Gasteiger partial charge in [0.2, 0.25) is 0 Å². The number of nitrogens with zero attached hydrogens (tertiary/aromatic N) is 1. The van der Waals surface area contributed by atoms with Crippen molar-refractivity contribution in [3.8, 4) is 5.75 Å². The van der Waals surface area contributed by atoms with Crippen LogP contribution in [0.3, 0.4) is 0 Å². The Balaban J connectivity index is 1.92. The summed E-state index contributed by atoms with van der Waals surface area (Å²) in [6, 6.07) is 10.9. The molecule has 0 spiro atoms. The minimum Gasteiger partial charge on any atom is -0.488 e. The molecule has 0 radical (unpaired) electrons. The third-order valence-corrected chi connectivity index (χ3v) is 3.49. The Morgan fingerprint density at radius 1 is 1.23 bits per heavy atom. The van der Waals surface area contributed by atoms with Crippen LogP contribution in [-0.4, -0.2) is 21.9 Å². The first-order valence-corrected chi connectivity index (χ1v) is 7.12. The third kappa shape index (κ3) is 2.53. The second kappa shape index (κ2) is 5.89. The minimum atomic E-state index is -0.294. The average molecular weight is 296 g/mol. The molecule has 3 aromatic rings. The molecule has 0 saturated carbocycles. The summed E-state index contributed by atoms with van der Waals surface area (Å²) in [6.45, 7) is 2.21. The van der Waals surface area contributed by atoms with E-state index in [0.717, 1.165) is 10.9 Å². The van der Waals surface area contributed by atoms with E-state index in [9.17, 15) is 9.59 Å². The summed E-state index contributed by atoms with van der Waals surface area (Å²) in [5.74, 6) is 0.143. The van der Waals surface area contributed by atoms with Gasteiger partial charge in [0.25, 0.3) is 5.56 Å². The van der Waals surface area contributed by atoms with Crippen LogP contribution in [0.4, 0.5) is 0 Å². The first-order chi connectivity index (χ1) is 10.7. The molecular weight excluding hydrogens is 280 g/mol. The van der Waals surface area contributed by atoms with E-state index in [-0.39, 0.29) is 23.6 Å². The fourth-order valence-corrected chi connectivity index (χ4v) is 2.45. The van der Waals surface area contributed by atoms with Gasteiger partial charge in [-0.25, -0.2) is 0 Å². The van der Waals surface area contributed by atoms with Crippen LogP contribution in [0.1, 0.15) is 17.3 Å². The summed E-state index contributed by atoms with van der Waals surface area (Å²) in [5, 5.41) is 0.863. The Hall–Kier alpha value is -2.82. The van der Waals surface area contributed by atoms with Crippen LogP contribution in [-0.2, 0) is 6.54 Å². The van der Waals surface area contributed by atoms with Gasteiger partial charge >= 0.3 is 0 Å². The topological polar surface area (TPSA) is 64.1 Å². The van der Waals surface area contributed by atoms with Gasteiger partial charge in [0, 0.05) is 28.9 Å². The molecule has 0 saturated heterocycles. The first-order valence-electron chi connectivity index (χ1n) is 7.12. The summed E-state index contributed by atoms with van der Waals surface area (Å²) in [7, 11) is 0. The second-order valence-corrected chi connectivity index (χ2v) is 4.91. The number of benzene rings is 1. The van der Waals surface area contributed by atoms with Crippen LogP contribution in [0.5, 0.6) is 5.75 Å². The molecule has 5 heteroatoms. The smallest absolute Gasteiger partial charge is 0.293 e. The number of nitrogens with one attached hydrogen (secondary N) is 1. The van der Waals surface area contributed by atoms with Gasteiger partial charge in [-0.05, 0) is 25.1 Å². The molecule has 1 N–H and O–H groups in total. The van der Waals surface area contributed by atoms with Crippen LogP contribution in [0, 0.1) is 0 Å². The molecule has 2 heterocycles. The van der Waals surface area contributed by atoms with Crippen molar-refractivity contribution >= 4 is 16.7 Å². The summed E-state index contributed by atoms with van der Waals surface area (Å²) in [6.07, 6.45) is 3.28. The van der Waals surface area contributed by atoms with Crippen molar-refractivity contribution < 1.29 is 9.53 Å². The van der Waals surface area contributed by atoms with Gasteiger partial charge < -0.3 is 14.3 Å². The van der Waals surface area contributed by atoms with Gasteiger partial charge in [-0.15, -0.1) is 0 Å². The molecule has 0 atom stereocenters. The van der Waals surface area contributed by atoms with E-state index in [1.165, 1.54) is 4.57 Å². The average Bonchev–Trinajstić information content (AvgIpc) is 2.95. The number of fused-ring (bicyclic) bond motifs is 1. The Labute approximate surface area is 127 Å². The number of para-hydroxylation sites is 1. The van der Waals surface area contributed by atoms with Crippen molar-refractivity contribution in [3.05, 3.63) is 64.7 Å². The lowest BCUT2D eigenvalue weighted by Gasteiger charge is -2.07. The van der Waals surface area contributed by atoms with Crippen molar-refractivity contribution in [2.24, 2.45) is 0 Å². The van der Waals surface area contributed by atoms with E-state index in [4.69, 9.17) is 4.74 Å². The number of Topliss-reactive ketones (excluding diaryl/α,β-unsaturated/α-hetero) is 1. The number of H-pyrrole nitrogens is 1. The third-order valence-electron chi connectivity index (χ3n) is 3.49. The molecule has 0 amide bonds. The molecule has 0 fully saturated rings. The van der Waals surface area contributed by atoms with Crippen molar-refractivity contribution in [1.29, 1.82) is 0 Å². The molecule has 0 unspecified atom stereocenters. The number of rotatable bonds is 5. The van der Waals surface area contributed by atoms with Crippen molar-refractivity contribution in [3.63, 3.8) is 0 Å². The van der Waals surface area contributed by atoms with Crippen LogP contribution in [0.15, 0.2) is 53.6 Å². The van der Waals surface area contributed by atoms with E-state index in [1.807, 2.05) is 31.2 Å². The van der Waals surface area contributed by atoms with Crippen LogP contribution < -0.4 is 10.3 Å². The molecule has 112 valence electrons. The van der Waals surface area contributed by atoms with E-state index in [0.29, 0.717) is 12.2 Å². The number of aromatic nitrogens is 2. The maximum atomic E-state index is 12.5. The number of aromatic amines is 1. The number of ether oxygens (including phenoxy) is 1. The number of pyridine rings is 1. The van der Waals surface area contributed by atoms with Gasteiger partial charge in [-0.3, -0.25) is 9.59 Å². The van der Waals surface area contributed by atoms with E-state index >= 15 is 0 Å². The van der Waals surface area contributed by atoms with Crippen molar-refractivity contribution in [2.45, 2.75) is 13.5 Å². The van der Waals surface area contributed by atoms with Gasteiger partial charge in [0.05, 0.1) is 13.2 Å². The minimum absolute atomic E-state index is 0.0123. The molecule has 2 aromatic heterocycles. The van der Waals surface area contributed by atoms with Crippen LogP contribution in [0.2, 0.25) is 0 Å². The Morgan fingerprint density at radius 3 is 2.86 bits per heavy atom. The first kappa shape index (κ1) is 14.1. The normalized spacial score (nSPS) is 10.8. The SMILES string of the molecule is CCOc1cccn(CC(=O)c2c[nH]c3ccccc23)c1=O. The molecule has 0 aliphatic rings. The van der Waals surface area contributed by atoms with Crippen LogP contribution >= 0.6 is 0 Å². The lowest BCUT2D eigenvalue weighted by molar-refractivity contribution is 0.0972. The highest BCUT2D eigenvalue weighted by atomic mass is 16.5. The van der Waals surface area contributed by atoms with Crippen LogP contribution in [0.25, 0.3) is 10.9 Å². The number of carbonyl (C=O) groups is 1. The van der Waals surface area contributed by atoms with E-state index in [1.54, 1.807) is 24.5 Å². The largest absolute Gasteiger partial charge is 0.488 e. The predicted octanol–water partition coefficient (Wildman–Crippen LogP) is 2.61. The Kier molecular flexibility index (Phi) is 3.78. The Bertz CT molecular complexity index is 877. The number of hydrogen-bond acceptors (Lipinski definition) is 3. The van der Waals surface area contributed by atoms with Crippen molar-refractivity contribution in [1.82, 2.24) is 9.55 Å². The summed E-state index contributed by atoms with van der Waals surface area (Å²) in [5.41, 5.74) is 1.20. The molecule has 22 heavy (non-hydrogen) atoms. The molecule has 0 aliphatic carbocycles. The highest BCUT2D eigenvalue weighted by Crippen LogP contribution is 2.18. The highest BCUT2D eigenvalue weighted by molar-refractivity contribution is 6.07. The maximum Gasteiger partial charge on any atom is 0.293 e.